The van der Waals surface area contributed by atoms with E-state index in [1.807, 2.05) is 25.1 Å². The molecule has 12 nitrogen and oxygen atoms in total. The van der Waals surface area contributed by atoms with Gasteiger partial charge in [-0.1, -0.05) is 13.0 Å². The first-order valence-corrected chi connectivity index (χ1v) is 14.9. The van der Waals surface area contributed by atoms with Gasteiger partial charge in [0.2, 0.25) is 23.6 Å². The molecule has 2 fully saturated rings. The zero-order valence-electron chi connectivity index (χ0n) is 25.0. The number of ether oxygens (including phenoxy) is 2. The maximum atomic E-state index is 12.1. The van der Waals surface area contributed by atoms with Crippen molar-refractivity contribution in [1.82, 2.24) is 25.8 Å². The van der Waals surface area contributed by atoms with E-state index in [0.717, 1.165) is 25.7 Å². The van der Waals surface area contributed by atoms with E-state index in [2.05, 4.69) is 20.9 Å². The lowest BCUT2D eigenvalue weighted by atomic mass is 9.83. The first-order valence-electron chi connectivity index (χ1n) is 14.9. The number of hydrogen-bond donors (Lipinski definition) is 3. The molecule has 0 aromatic carbocycles. The topological polar surface area (TPSA) is 156 Å². The lowest BCUT2D eigenvalue weighted by molar-refractivity contribution is -0.128. The largest absolute Gasteiger partial charge is 0.379 e. The first-order chi connectivity index (χ1) is 20.3. The van der Waals surface area contributed by atoms with Crippen molar-refractivity contribution >= 4 is 29.4 Å². The van der Waals surface area contributed by atoms with Gasteiger partial charge in [-0.25, -0.2) is 0 Å². The third kappa shape index (κ3) is 14.5. The number of nitrogens with one attached hydrogen (secondary N) is 3. The number of pyridine rings is 1. The van der Waals surface area contributed by atoms with Crippen LogP contribution >= 0.6 is 0 Å². The average molecular weight is 590 g/mol. The Kier molecular flexibility index (Phi) is 17.0. The van der Waals surface area contributed by atoms with E-state index in [4.69, 9.17) is 9.47 Å². The zero-order chi connectivity index (χ0) is 30.6. The molecule has 12 heteroatoms. The van der Waals surface area contributed by atoms with Gasteiger partial charge in [0.15, 0.2) is 0 Å². The predicted octanol–water partition coefficient (Wildman–Crippen LogP) is 1.25. The van der Waals surface area contributed by atoms with Crippen molar-refractivity contribution in [2.24, 2.45) is 11.8 Å². The molecule has 1 aromatic heterocycles. The minimum atomic E-state index is -0.348. The monoisotopic (exact) mass is 589 g/mol. The molecule has 3 N–H and O–H groups in total. The SMILES string of the molecule is CCC(=O)C1CCC(NC(=O)CCOCCOCCNC(=O)CCNC(=O)C2CC(=O)N(C)C2)CC1.c1ccncc1. The molecule has 3 rings (SSSR count). The fraction of sp³-hybridized carbons (Fsp3) is 0.667. The van der Waals surface area contributed by atoms with Gasteiger partial charge in [-0.3, -0.25) is 29.0 Å². The lowest BCUT2D eigenvalue weighted by Crippen LogP contribution is -2.39. The molecule has 1 aliphatic heterocycles. The van der Waals surface area contributed by atoms with Crippen LogP contribution in [0, 0.1) is 11.8 Å². The van der Waals surface area contributed by atoms with Crippen LogP contribution in [0.2, 0.25) is 0 Å². The van der Waals surface area contributed by atoms with E-state index in [-0.39, 0.29) is 67.3 Å². The first kappa shape index (κ1) is 34.8. The van der Waals surface area contributed by atoms with Crippen LogP contribution in [0.4, 0.5) is 0 Å². The number of carbonyl (C=O) groups excluding carboxylic acids is 5. The predicted molar refractivity (Wildman–Crippen MR) is 156 cm³/mol. The average Bonchev–Trinajstić information content (AvgIpc) is 3.35. The van der Waals surface area contributed by atoms with Gasteiger partial charge in [0, 0.05) is 76.7 Å². The third-order valence-electron chi connectivity index (χ3n) is 7.24. The highest BCUT2D eigenvalue weighted by atomic mass is 16.5. The van der Waals surface area contributed by atoms with E-state index < -0.39 is 0 Å². The number of rotatable bonds is 16. The van der Waals surface area contributed by atoms with Crippen LogP contribution < -0.4 is 16.0 Å². The van der Waals surface area contributed by atoms with Gasteiger partial charge in [0.1, 0.15) is 5.78 Å². The molecule has 1 saturated carbocycles. The van der Waals surface area contributed by atoms with E-state index >= 15 is 0 Å². The summed E-state index contributed by atoms with van der Waals surface area (Å²) in [5, 5.41) is 8.44. The lowest BCUT2D eigenvalue weighted by Gasteiger charge is -2.28. The second-order valence-electron chi connectivity index (χ2n) is 10.5. The Morgan fingerprint density at radius 2 is 1.55 bits per heavy atom. The molecule has 1 saturated heterocycles. The molecule has 2 heterocycles. The summed E-state index contributed by atoms with van der Waals surface area (Å²) in [5.41, 5.74) is 0. The maximum Gasteiger partial charge on any atom is 0.225 e. The normalized spacial score (nSPS) is 19.8. The highest BCUT2D eigenvalue weighted by Crippen LogP contribution is 2.25. The minimum Gasteiger partial charge on any atom is -0.379 e. The van der Waals surface area contributed by atoms with Crippen molar-refractivity contribution in [3.05, 3.63) is 30.6 Å². The van der Waals surface area contributed by atoms with Crippen molar-refractivity contribution in [1.29, 1.82) is 0 Å². The van der Waals surface area contributed by atoms with Crippen LogP contribution in [0.3, 0.4) is 0 Å². The van der Waals surface area contributed by atoms with Gasteiger partial charge in [-0.15, -0.1) is 0 Å². The van der Waals surface area contributed by atoms with Gasteiger partial charge < -0.3 is 30.3 Å². The summed E-state index contributed by atoms with van der Waals surface area (Å²) in [6.45, 7) is 4.25. The Morgan fingerprint density at radius 1 is 0.857 bits per heavy atom. The summed E-state index contributed by atoms with van der Waals surface area (Å²) in [5.74, 6) is -0.334. The van der Waals surface area contributed by atoms with Gasteiger partial charge in [0.25, 0.3) is 0 Å². The minimum absolute atomic E-state index is 0.0378. The summed E-state index contributed by atoms with van der Waals surface area (Å²) in [6, 6.07) is 5.86. The molecule has 1 aliphatic carbocycles. The van der Waals surface area contributed by atoms with Crippen molar-refractivity contribution in [3.63, 3.8) is 0 Å². The zero-order valence-corrected chi connectivity index (χ0v) is 25.0. The molecule has 1 unspecified atom stereocenters. The quantitative estimate of drug-likeness (QED) is 0.243. The fourth-order valence-electron chi connectivity index (χ4n) is 4.78. The molecule has 0 spiro atoms. The molecule has 0 radical (unpaired) electrons. The highest BCUT2D eigenvalue weighted by molar-refractivity contribution is 5.89. The summed E-state index contributed by atoms with van der Waals surface area (Å²) in [4.78, 5) is 64.5. The van der Waals surface area contributed by atoms with Crippen LogP contribution in [0.5, 0.6) is 0 Å². The second-order valence-corrected chi connectivity index (χ2v) is 10.5. The highest BCUT2D eigenvalue weighted by Gasteiger charge is 2.31. The van der Waals surface area contributed by atoms with Gasteiger partial charge >= 0.3 is 0 Å². The van der Waals surface area contributed by atoms with E-state index in [9.17, 15) is 24.0 Å². The third-order valence-corrected chi connectivity index (χ3v) is 7.24. The molecule has 42 heavy (non-hydrogen) atoms. The number of aromatic nitrogens is 1. The molecular formula is C30H47N5O7. The fourth-order valence-corrected chi connectivity index (χ4v) is 4.78. The number of Topliss-reactive ketones (excluding diaryl/α,β-unsaturated/α-hetero) is 1. The Hall–Kier alpha value is -3.38. The molecule has 1 aromatic rings. The van der Waals surface area contributed by atoms with Gasteiger partial charge in [-0.2, -0.15) is 0 Å². The Bertz CT molecular complexity index is 943. The summed E-state index contributed by atoms with van der Waals surface area (Å²) >= 11 is 0. The van der Waals surface area contributed by atoms with Crippen LogP contribution in [0.1, 0.15) is 58.3 Å². The Balaban J connectivity index is 0.000000908. The standard InChI is InChI=1S/C25H42N4O7.C5H5N/c1-3-21(30)18-4-6-20(7-5-18)28-23(32)9-12-35-14-15-36-13-11-26-22(31)8-10-27-25(34)19-16-24(33)29(2)17-19;1-2-4-6-5-3-1/h18-20H,3-17H2,1-2H3,(H,26,31)(H,27,34)(H,28,32);1-5H. The summed E-state index contributed by atoms with van der Waals surface area (Å²) in [7, 11) is 1.67. The second kappa shape index (κ2) is 20.5. The molecule has 4 amide bonds. The molecule has 1 atom stereocenters. The van der Waals surface area contributed by atoms with E-state index in [1.54, 1.807) is 19.4 Å². The maximum absolute atomic E-state index is 12.1. The van der Waals surface area contributed by atoms with Crippen LogP contribution in [-0.4, -0.2) is 98.4 Å². The van der Waals surface area contributed by atoms with Gasteiger partial charge in [0.05, 0.1) is 32.3 Å². The Labute approximate surface area is 248 Å². The number of carbonyl (C=O) groups is 5. The number of likely N-dealkylation sites (tertiary alicyclic amines) is 1. The van der Waals surface area contributed by atoms with Gasteiger partial charge in [-0.05, 0) is 37.8 Å². The molecular weight excluding hydrogens is 542 g/mol. The number of nitrogens with zero attached hydrogens (tertiary/aromatic N) is 2. The van der Waals surface area contributed by atoms with Crippen molar-refractivity contribution < 1.29 is 33.4 Å². The number of ketones is 1. The number of amides is 4. The molecule has 0 bridgehead atoms. The molecule has 2 aliphatic rings. The van der Waals surface area contributed by atoms with E-state index in [0.29, 0.717) is 51.7 Å². The van der Waals surface area contributed by atoms with Crippen molar-refractivity contribution in [2.45, 2.75) is 64.3 Å². The number of hydrogen-bond acceptors (Lipinski definition) is 8. The van der Waals surface area contributed by atoms with Crippen molar-refractivity contribution in [3.8, 4) is 0 Å². The Morgan fingerprint density at radius 3 is 2.12 bits per heavy atom. The van der Waals surface area contributed by atoms with Crippen LogP contribution in [-0.2, 0) is 33.4 Å². The van der Waals surface area contributed by atoms with Crippen LogP contribution in [0.15, 0.2) is 30.6 Å². The summed E-state index contributed by atoms with van der Waals surface area (Å²) < 4.78 is 10.8. The molecule has 234 valence electrons. The van der Waals surface area contributed by atoms with Crippen molar-refractivity contribution in [2.75, 3.05) is 53.1 Å². The summed E-state index contributed by atoms with van der Waals surface area (Å²) in [6.07, 6.45) is 8.15. The smallest absolute Gasteiger partial charge is 0.225 e. The van der Waals surface area contributed by atoms with E-state index in [1.165, 1.54) is 4.90 Å². The van der Waals surface area contributed by atoms with Crippen LogP contribution in [0.25, 0.3) is 0 Å².